The molecule has 20 heavy (non-hydrogen) atoms. The number of aromatic hydroxyl groups is 2. The quantitative estimate of drug-likeness (QED) is 0.760. The van der Waals surface area contributed by atoms with Gasteiger partial charge in [-0.1, -0.05) is 0 Å². The van der Waals surface area contributed by atoms with Gasteiger partial charge in [0, 0.05) is 10.4 Å². The maximum Gasteiger partial charge on any atom is 0.251 e. The molecule has 0 saturated heterocycles. The van der Waals surface area contributed by atoms with Gasteiger partial charge in [0.1, 0.15) is 0 Å². The number of phenolic OH excluding ortho intramolecular Hbond substituents is 2. The Labute approximate surface area is 120 Å². The molecule has 2 aromatic rings. The van der Waals surface area contributed by atoms with E-state index < -0.39 is 0 Å². The molecule has 0 aliphatic rings. The van der Waals surface area contributed by atoms with Crippen molar-refractivity contribution in [1.82, 2.24) is 10.3 Å². The molecule has 5 nitrogen and oxygen atoms in total. The Morgan fingerprint density at radius 2 is 2.00 bits per heavy atom. The molecule has 1 aromatic heterocycles. The molecule has 106 valence electrons. The molecule has 1 aromatic carbocycles. The Bertz CT molecular complexity index is 652. The second-order valence-electron chi connectivity index (χ2n) is 4.58. The van der Waals surface area contributed by atoms with Gasteiger partial charge in [0.05, 0.1) is 16.7 Å². The minimum absolute atomic E-state index is 0.162. The van der Waals surface area contributed by atoms with Gasteiger partial charge < -0.3 is 15.5 Å². The molecule has 2 rings (SSSR count). The van der Waals surface area contributed by atoms with E-state index in [9.17, 15) is 15.0 Å². The lowest BCUT2D eigenvalue weighted by atomic mass is 10.1. The van der Waals surface area contributed by atoms with Crippen molar-refractivity contribution in [2.24, 2.45) is 0 Å². The van der Waals surface area contributed by atoms with Crippen molar-refractivity contribution >= 4 is 17.2 Å². The number of phenols is 2. The summed E-state index contributed by atoms with van der Waals surface area (Å²) in [7, 11) is 0. The van der Waals surface area contributed by atoms with E-state index in [1.54, 1.807) is 11.3 Å². The van der Waals surface area contributed by atoms with E-state index in [-0.39, 0.29) is 23.4 Å². The van der Waals surface area contributed by atoms with Gasteiger partial charge in [-0.25, -0.2) is 4.98 Å². The summed E-state index contributed by atoms with van der Waals surface area (Å²) in [5.74, 6) is -0.864. The lowest BCUT2D eigenvalue weighted by Gasteiger charge is -2.13. The maximum atomic E-state index is 12.1. The number of thiazole rings is 1. The Kier molecular flexibility index (Phi) is 3.94. The molecule has 0 radical (unpaired) electrons. The summed E-state index contributed by atoms with van der Waals surface area (Å²) < 4.78 is 0. The number of aryl methyl sites for hydroxylation is 2. The van der Waals surface area contributed by atoms with Gasteiger partial charge in [-0.2, -0.15) is 0 Å². The SMILES string of the molecule is Cc1nc(C)c(C(C)NC(=O)c2ccc(O)c(O)c2)s1. The number of nitrogens with one attached hydrogen (secondary N) is 1. The average Bonchev–Trinajstić information content (AvgIpc) is 2.71. The molecule has 0 aliphatic carbocycles. The van der Waals surface area contributed by atoms with E-state index in [1.807, 2.05) is 20.8 Å². The van der Waals surface area contributed by atoms with Gasteiger partial charge in [0.15, 0.2) is 11.5 Å². The van der Waals surface area contributed by atoms with E-state index in [2.05, 4.69) is 10.3 Å². The lowest BCUT2D eigenvalue weighted by Crippen LogP contribution is -2.26. The summed E-state index contributed by atoms with van der Waals surface area (Å²) in [4.78, 5) is 17.4. The molecule has 1 amide bonds. The highest BCUT2D eigenvalue weighted by Crippen LogP contribution is 2.27. The fourth-order valence-electron chi connectivity index (χ4n) is 1.96. The van der Waals surface area contributed by atoms with Crippen molar-refractivity contribution < 1.29 is 15.0 Å². The average molecular weight is 292 g/mol. The number of carbonyl (C=O) groups is 1. The molecule has 1 atom stereocenters. The third-order valence-corrected chi connectivity index (χ3v) is 4.17. The Morgan fingerprint density at radius 3 is 2.55 bits per heavy atom. The third kappa shape index (κ3) is 2.91. The van der Waals surface area contributed by atoms with Gasteiger partial charge in [-0.3, -0.25) is 4.79 Å². The van der Waals surface area contributed by atoms with Crippen LogP contribution in [-0.2, 0) is 0 Å². The number of hydrogen-bond acceptors (Lipinski definition) is 5. The second kappa shape index (κ2) is 5.50. The summed E-state index contributed by atoms with van der Waals surface area (Å²) in [6, 6.07) is 3.82. The van der Waals surface area contributed by atoms with Crippen molar-refractivity contribution in [3.8, 4) is 11.5 Å². The lowest BCUT2D eigenvalue weighted by molar-refractivity contribution is 0.0940. The van der Waals surface area contributed by atoms with Crippen molar-refractivity contribution in [3.63, 3.8) is 0 Å². The van der Waals surface area contributed by atoms with Crippen LogP contribution >= 0.6 is 11.3 Å². The molecule has 0 fully saturated rings. The number of benzene rings is 1. The summed E-state index contributed by atoms with van der Waals surface area (Å²) in [5.41, 5.74) is 1.21. The number of nitrogens with zero attached hydrogens (tertiary/aromatic N) is 1. The molecule has 6 heteroatoms. The third-order valence-electron chi connectivity index (χ3n) is 2.92. The van der Waals surface area contributed by atoms with Crippen molar-refractivity contribution in [3.05, 3.63) is 39.3 Å². The highest BCUT2D eigenvalue weighted by molar-refractivity contribution is 7.11. The predicted molar refractivity (Wildman–Crippen MR) is 77.2 cm³/mol. The van der Waals surface area contributed by atoms with E-state index in [0.717, 1.165) is 15.6 Å². The summed E-state index contributed by atoms with van der Waals surface area (Å²) in [6.07, 6.45) is 0. The van der Waals surface area contributed by atoms with Crippen molar-refractivity contribution in [2.75, 3.05) is 0 Å². The number of hydrogen-bond donors (Lipinski definition) is 3. The normalized spacial score (nSPS) is 12.2. The first kappa shape index (κ1) is 14.3. The Hall–Kier alpha value is -2.08. The first-order chi connectivity index (χ1) is 9.38. The predicted octanol–water partition coefficient (Wildman–Crippen LogP) is 2.66. The van der Waals surface area contributed by atoms with Crippen LogP contribution in [0.2, 0.25) is 0 Å². The standard InChI is InChI=1S/C14H16N2O3S/c1-7-13(20-9(3)15-7)8(2)16-14(19)10-4-5-11(17)12(18)6-10/h4-6,8,17-18H,1-3H3,(H,16,19). The Balaban J connectivity index is 2.15. The maximum absolute atomic E-state index is 12.1. The summed E-state index contributed by atoms with van der Waals surface area (Å²) in [5, 5.41) is 22.5. The largest absolute Gasteiger partial charge is 0.504 e. The molecule has 1 unspecified atom stereocenters. The van der Waals surface area contributed by atoms with Gasteiger partial charge >= 0.3 is 0 Å². The number of amides is 1. The van der Waals surface area contributed by atoms with Crippen LogP contribution in [0.5, 0.6) is 11.5 Å². The zero-order valence-corrected chi connectivity index (χ0v) is 12.3. The second-order valence-corrected chi connectivity index (χ2v) is 5.82. The first-order valence-electron chi connectivity index (χ1n) is 6.15. The monoisotopic (exact) mass is 292 g/mol. The zero-order chi connectivity index (χ0) is 14.9. The molecular formula is C14H16N2O3S. The van der Waals surface area contributed by atoms with Crippen LogP contribution in [0.3, 0.4) is 0 Å². The molecule has 0 saturated carbocycles. The number of carbonyl (C=O) groups excluding carboxylic acids is 1. The number of aromatic nitrogens is 1. The van der Waals surface area contributed by atoms with Gasteiger partial charge in [-0.05, 0) is 39.0 Å². The molecule has 0 aliphatic heterocycles. The minimum atomic E-state index is -0.310. The highest BCUT2D eigenvalue weighted by Gasteiger charge is 2.17. The van der Waals surface area contributed by atoms with Crippen molar-refractivity contribution in [2.45, 2.75) is 26.8 Å². The van der Waals surface area contributed by atoms with Crippen LogP contribution < -0.4 is 5.32 Å². The van der Waals surface area contributed by atoms with Gasteiger partial charge in [0.2, 0.25) is 0 Å². The molecule has 1 heterocycles. The summed E-state index contributed by atoms with van der Waals surface area (Å²) in [6.45, 7) is 5.72. The van der Waals surface area contributed by atoms with Crippen LogP contribution in [0.4, 0.5) is 0 Å². The van der Waals surface area contributed by atoms with Crippen LogP contribution in [0.1, 0.15) is 38.9 Å². The molecule has 0 bridgehead atoms. The number of rotatable bonds is 3. The van der Waals surface area contributed by atoms with Crippen LogP contribution in [0.25, 0.3) is 0 Å². The van der Waals surface area contributed by atoms with E-state index in [4.69, 9.17) is 0 Å². The van der Waals surface area contributed by atoms with Crippen LogP contribution in [0, 0.1) is 13.8 Å². The topological polar surface area (TPSA) is 82.5 Å². The fraction of sp³-hybridized carbons (Fsp3) is 0.286. The van der Waals surface area contributed by atoms with Gasteiger partial charge in [-0.15, -0.1) is 11.3 Å². The fourth-order valence-corrected chi connectivity index (χ4v) is 2.89. The molecule has 3 N–H and O–H groups in total. The zero-order valence-electron chi connectivity index (χ0n) is 11.5. The smallest absolute Gasteiger partial charge is 0.251 e. The minimum Gasteiger partial charge on any atom is -0.504 e. The highest BCUT2D eigenvalue weighted by atomic mass is 32.1. The summed E-state index contributed by atoms with van der Waals surface area (Å²) >= 11 is 1.55. The van der Waals surface area contributed by atoms with E-state index in [0.29, 0.717) is 5.56 Å². The van der Waals surface area contributed by atoms with Crippen molar-refractivity contribution in [1.29, 1.82) is 0 Å². The molecular weight excluding hydrogens is 276 g/mol. The van der Waals surface area contributed by atoms with Crippen LogP contribution in [-0.4, -0.2) is 21.1 Å². The molecule has 0 spiro atoms. The van der Waals surface area contributed by atoms with E-state index >= 15 is 0 Å². The Morgan fingerprint density at radius 1 is 1.30 bits per heavy atom. The van der Waals surface area contributed by atoms with Crippen LogP contribution in [0.15, 0.2) is 18.2 Å². The van der Waals surface area contributed by atoms with Gasteiger partial charge in [0.25, 0.3) is 5.91 Å². The van der Waals surface area contributed by atoms with E-state index in [1.165, 1.54) is 18.2 Å². The first-order valence-corrected chi connectivity index (χ1v) is 6.97.